The van der Waals surface area contributed by atoms with E-state index in [0.29, 0.717) is 32.1 Å². The Kier molecular flexibility index (Phi) is 6.51. The van der Waals surface area contributed by atoms with Crippen LogP contribution in [0.25, 0.3) is 0 Å². The minimum atomic E-state index is -3.34. The van der Waals surface area contributed by atoms with Crippen LogP contribution in [0.3, 0.4) is 0 Å². The van der Waals surface area contributed by atoms with E-state index in [-0.39, 0.29) is 0 Å². The highest BCUT2D eigenvalue weighted by molar-refractivity contribution is 7.87. The van der Waals surface area contributed by atoms with Gasteiger partial charge in [-0.25, -0.2) is 4.72 Å². The highest BCUT2D eigenvalue weighted by atomic mass is 32.2. The number of likely N-dealkylation sites (N-methyl/N-ethyl adjacent to an activating group) is 1. The zero-order valence-corrected chi connectivity index (χ0v) is 12.2. The van der Waals surface area contributed by atoms with E-state index in [2.05, 4.69) is 16.5 Å². The number of rotatable bonds is 10. The first-order valence-electron chi connectivity index (χ1n) is 6.66. The van der Waals surface area contributed by atoms with E-state index in [4.69, 9.17) is 5.73 Å². The lowest BCUT2D eigenvalue weighted by molar-refractivity contribution is 0.281. The Labute approximate surface area is 111 Å². The fourth-order valence-electron chi connectivity index (χ4n) is 1.90. The first kappa shape index (κ1) is 15.8. The Morgan fingerprint density at radius 1 is 1.33 bits per heavy atom. The van der Waals surface area contributed by atoms with Crippen molar-refractivity contribution in [2.75, 3.05) is 39.8 Å². The first-order chi connectivity index (χ1) is 8.51. The summed E-state index contributed by atoms with van der Waals surface area (Å²) in [5, 5.41) is 0. The molecule has 1 aliphatic rings. The molecule has 0 bridgehead atoms. The smallest absolute Gasteiger partial charge is 0.279 e. The maximum absolute atomic E-state index is 11.8. The lowest BCUT2D eigenvalue weighted by Gasteiger charge is -2.21. The average molecular weight is 278 g/mol. The first-order valence-corrected chi connectivity index (χ1v) is 8.10. The molecule has 1 rings (SSSR count). The number of hydrogen-bond acceptors (Lipinski definition) is 4. The van der Waals surface area contributed by atoms with Crippen molar-refractivity contribution in [2.45, 2.75) is 32.2 Å². The maximum atomic E-state index is 11.8. The van der Waals surface area contributed by atoms with Crippen molar-refractivity contribution in [3.8, 4) is 0 Å². The summed E-state index contributed by atoms with van der Waals surface area (Å²) in [6, 6.07) is 0.675. The molecule has 0 heterocycles. The largest absolute Gasteiger partial charge is 0.330 e. The zero-order chi connectivity index (χ0) is 13.6. The van der Waals surface area contributed by atoms with Gasteiger partial charge < -0.3 is 5.73 Å². The van der Waals surface area contributed by atoms with Gasteiger partial charge in [-0.2, -0.15) is 12.7 Å². The summed E-state index contributed by atoms with van der Waals surface area (Å²) in [6.07, 6.45) is 3.18. The molecule has 6 nitrogen and oxygen atoms in total. The highest BCUT2D eigenvalue weighted by Gasteiger charge is 2.27. The van der Waals surface area contributed by atoms with Gasteiger partial charge in [-0.15, -0.1) is 0 Å². The van der Waals surface area contributed by atoms with E-state index < -0.39 is 10.2 Å². The number of hydrogen-bond donors (Lipinski definition) is 2. The van der Waals surface area contributed by atoms with Gasteiger partial charge in [-0.05, 0) is 32.4 Å². The fourth-order valence-corrected chi connectivity index (χ4v) is 2.84. The van der Waals surface area contributed by atoms with Gasteiger partial charge in [0.05, 0.1) is 0 Å². The lowest BCUT2D eigenvalue weighted by Crippen LogP contribution is -2.42. The van der Waals surface area contributed by atoms with E-state index in [0.717, 1.165) is 13.1 Å². The average Bonchev–Trinajstić information content (AvgIpc) is 3.15. The highest BCUT2D eigenvalue weighted by Crippen LogP contribution is 2.25. The standard InChI is InChI=1S/C11H26N4O2S/c1-3-15(11-5-6-11)10-8-13-18(16,17)14(2)9-4-7-12/h11,13H,3-10,12H2,1-2H3. The topological polar surface area (TPSA) is 78.7 Å². The minimum Gasteiger partial charge on any atom is -0.330 e. The van der Waals surface area contributed by atoms with Crippen molar-refractivity contribution < 1.29 is 8.42 Å². The van der Waals surface area contributed by atoms with E-state index in [1.54, 1.807) is 7.05 Å². The molecule has 0 saturated heterocycles. The molecule has 0 unspecified atom stereocenters. The third kappa shape index (κ3) is 5.19. The van der Waals surface area contributed by atoms with Crippen molar-refractivity contribution in [1.82, 2.24) is 13.9 Å². The Balaban J connectivity index is 2.27. The van der Waals surface area contributed by atoms with E-state index >= 15 is 0 Å². The second kappa shape index (κ2) is 7.40. The second-order valence-electron chi connectivity index (χ2n) is 4.72. The van der Waals surface area contributed by atoms with Crippen LogP contribution in [0.4, 0.5) is 0 Å². The second-order valence-corrected chi connectivity index (χ2v) is 6.59. The quantitative estimate of drug-likeness (QED) is 0.569. The fraction of sp³-hybridized carbons (Fsp3) is 1.00. The van der Waals surface area contributed by atoms with Crippen LogP contribution in [0.5, 0.6) is 0 Å². The molecule has 0 aromatic rings. The third-order valence-electron chi connectivity index (χ3n) is 3.24. The van der Waals surface area contributed by atoms with Crippen LogP contribution in [0.1, 0.15) is 26.2 Å². The van der Waals surface area contributed by atoms with Crippen LogP contribution in [0, 0.1) is 0 Å². The molecule has 1 fully saturated rings. The third-order valence-corrected chi connectivity index (χ3v) is 4.81. The molecular weight excluding hydrogens is 252 g/mol. The summed E-state index contributed by atoms with van der Waals surface area (Å²) in [6.45, 7) is 5.32. The maximum Gasteiger partial charge on any atom is 0.279 e. The Bertz CT molecular complexity index is 330. The van der Waals surface area contributed by atoms with Crippen molar-refractivity contribution in [3.63, 3.8) is 0 Å². The molecule has 0 radical (unpaired) electrons. The summed E-state index contributed by atoms with van der Waals surface area (Å²) in [5.74, 6) is 0. The molecule has 108 valence electrons. The normalized spacial score (nSPS) is 16.7. The van der Waals surface area contributed by atoms with Crippen molar-refractivity contribution in [3.05, 3.63) is 0 Å². The Hall–Kier alpha value is -0.210. The van der Waals surface area contributed by atoms with E-state index in [9.17, 15) is 8.42 Å². The van der Waals surface area contributed by atoms with Crippen LogP contribution in [0.15, 0.2) is 0 Å². The number of nitrogens with two attached hydrogens (primary N) is 1. The molecule has 1 aliphatic carbocycles. The summed E-state index contributed by atoms with van der Waals surface area (Å²) < 4.78 is 27.7. The Morgan fingerprint density at radius 3 is 2.50 bits per heavy atom. The van der Waals surface area contributed by atoms with Crippen LogP contribution in [-0.4, -0.2) is 63.4 Å². The monoisotopic (exact) mass is 278 g/mol. The van der Waals surface area contributed by atoms with Gasteiger partial charge in [-0.1, -0.05) is 6.92 Å². The number of nitrogens with zero attached hydrogens (tertiary/aromatic N) is 2. The van der Waals surface area contributed by atoms with Crippen LogP contribution < -0.4 is 10.5 Å². The minimum absolute atomic E-state index is 0.464. The molecule has 0 aromatic heterocycles. The van der Waals surface area contributed by atoms with Crippen molar-refractivity contribution in [2.24, 2.45) is 5.73 Å². The van der Waals surface area contributed by atoms with Crippen molar-refractivity contribution >= 4 is 10.2 Å². The molecule has 0 aliphatic heterocycles. The SMILES string of the molecule is CCN(CCNS(=O)(=O)N(C)CCCN)C1CC1. The van der Waals surface area contributed by atoms with E-state index in [1.807, 2.05) is 0 Å². The van der Waals surface area contributed by atoms with Gasteiger partial charge in [-0.3, -0.25) is 4.90 Å². The molecule has 0 aromatic carbocycles. The predicted octanol–water partition coefficient (Wildman–Crippen LogP) is -0.414. The molecule has 18 heavy (non-hydrogen) atoms. The summed E-state index contributed by atoms with van der Waals surface area (Å²) in [5.41, 5.74) is 5.37. The molecule has 1 saturated carbocycles. The van der Waals surface area contributed by atoms with Gasteiger partial charge >= 0.3 is 0 Å². The molecule has 0 atom stereocenters. The molecule has 0 spiro atoms. The molecule has 3 N–H and O–H groups in total. The van der Waals surface area contributed by atoms with Gasteiger partial charge in [0.2, 0.25) is 0 Å². The summed E-state index contributed by atoms with van der Waals surface area (Å²) >= 11 is 0. The van der Waals surface area contributed by atoms with Gasteiger partial charge in [0, 0.05) is 32.7 Å². The summed E-state index contributed by atoms with van der Waals surface area (Å²) in [7, 11) is -1.76. The van der Waals surface area contributed by atoms with Gasteiger partial charge in [0.25, 0.3) is 10.2 Å². The molecule has 0 amide bonds. The molecular formula is C11H26N4O2S. The summed E-state index contributed by atoms with van der Waals surface area (Å²) in [4.78, 5) is 2.32. The Morgan fingerprint density at radius 2 is 2.00 bits per heavy atom. The molecule has 7 heteroatoms. The van der Waals surface area contributed by atoms with Gasteiger partial charge in [0.1, 0.15) is 0 Å². The van der Waals surface area contributed by atoms with Gasteiger partial charge in [0.15, 0.2) is 0 Å². The van der Waals surface area contributed by atoms with Crippen LogP contribution in [-0.2, 0) is 10.2 Å². The lowest BCUT2D eigenvalue weighted by atomic mass is 10.4. The van der Waals surface area contributed by atoms with E-state index in [1.165, 1.54) is 17.1 Å². The van der Waals surface area contributed by atoms with Crippen molar-refractivity contribution in [1.29, 1.82) is 0 Å². The zero-order valence-electron chi connectivity index (χ0n) is 11.4. The van der Waals surface area contributed by atoms with Crippen LogP contribution in [0.2, 0.25) is 0 Å². The predicted molar refractivity (Wildman–Crippen MR) is 73.5 cm³/mol. The van der Waals surface area contributed by atoms with Crippen LogP contribution >= 0.6 is 0 Å². The number of nitrogens with one attached hydrogen (secondary N) is 1.